The van der Waals surface area contributed by atoms with Crippen molar-refractivity contribution < 1.29 is 4.39 Å². The van der Waals surface area contributed by atoms with Gasteiger partial charge in [0.05, 0.1) is 15.7 Å². The van der Waals surface area contributed by atoms with Crippen molar-refractivity contribution in [2.45, 2.75) is 6.54 Å². The second-order valence-electron chi connectivity index (χ2n) is 3.54. The van der Waals surface area contributed by atoms with Crippen molar-refractivity contribution in [3.8, 4) is 0 Å². The van der Waals surface area contributed by atoms with Gasteiger partial charge in [-0.2, -0.15) is 0 Å². The molecule has 0 aliphatic rings. The minimum absolute atomic E-state index is 0.247. The van der Waals surface area contributed by atoms with Crippen molar-refractivity contribution in [3.63, 3.8) is 0 Å². The van der Waals surface area contributed by atoms with Crippen LogP contribution in [0.2, 0.25) is 10.0 Å². The largest absolute Gasteiger partial charge is 0.378 e. The quantitative estimate of drug-likeness (QED) is 0.849. The second-order valence-corrected chi connectivity index (χ2v) is 4.36. The van der Waals surface area contributed by atoms with E-state index in [9.17, 15) is 4.39 Å². The third-order valence-electron chi connectivity index (χ3n) is 2.38. The van der Waals surface area contributed by atoms with Crippen LogP contribution in [-0.2, 0) is 6.54 Å². The molecule has 88 valence electrons. The highest BCUT2D eigenvalue weighted by Crippen LogP contribution is 2.30. The minimum Gasteiger partial charge on any atom is -0.378 e. The Hall–Kier alpha value is -1.25. The standard InChI is InChI=1S/C13H10Cl2FN/c14-10-5-3-6-11(15)13(10)17-8-9-4-1-2-7-12(9)16/h1-7,17H,8H2. The lowest BCUT2D eigenvalue weighted by atomic mass is 10.2. The Morgan fingerprint density at radius 1 is 0.941 bits per heavy atom. The lowest BCUT2D eigenvalue weighted by Gasteiger charge is -2.10. The molecular formula is C13H10Cl2FN. The Kier molecular flexibility index (Phi) is 3.87. The van der Waals surface area contributed by atoms with E-state index in [4.69, 9.17) is 23.2 Å². The van der Waals surface area contributed by atoms with Crippen molar-refractivity contribution in [2.75, 3.05) is 5.32 Å². The summed E-state index contributed by atoms with van der Waals surface area (Å²) < 4.78 is 13.4. The number of para-hydroxylation sites is 1. The van der Waals surface area contributed by atoms with Gasteiger partial charge in [-0.15, -0.1) is 0 Å². The summed E-state index contributed by atoms with van der Waals surface area (Å²) in [7, 11) is 0. The van der Waals surface area contributed by atoms with E-state index in [0.29, 0.717) is 27.8 Å². The molecule has 0 radical (unpaired) electrons. The van der Waals surface area contributed by atoms with Gasteiger partial charge in [-0.25, -0.2) is 4.39 Å². The molecule has 0 saturated heterocycles. The molecule has 17 heavy (non-hydrogen) atoms. The summed E-state index contributed by atoms with van der Waals surface area (Å²) >= 11 is 12.0. The molecule has 1 nitrogen and oxygen atoms in total. The average molecular weight is 270 g/mol. The third-order valence-corrected chi connectivity index (χ3v) is 3.01. The van der Waals surface area contributed by atoms with Gasteiger partial charge in [0.2, 0.25) is 0 Å². The number of nitrogens with one attached hydrogen (secondary N) is 1. The molecule has 0 aromatic heterocycles. The highest BCUT2D eigenvalue weighted by atomic mass is 35.5. The zero-order valence-corrected chi connectivity index (χ0v) is 10.4. The summed E-state index contributed by atoms with van der Waals surface area (Å²) in [6, 6.07) is 11.8. The van der Waals surface area contributed by atoms with Crippen LogP contribution in [-0.4, -0.2) is 0 Å². The van der Waals surface area contributed by atoms with Crippen LogP contribution in [0.4, 0.5) is 10.1 Å². The monoisotopic (exact) mass is 269 g/mol. The van der Waals surface area contributed by atoms with Crippen LogP contribution < -0.4 is 5.32 Å². The van der Waals surface area contributed by atoms with Crippen molar-refractivity contribution in [1.82, 2.24) is 0 Å². The van der Waals surface area contributed by atoms with E-state index in [1.54, 1.807) is 36.4 Å². The van der Waals surface area contributed by atoms with Crippen LogP contribution in [0.1, 0.15) is 5.56 Å². The smallest absolute Gasteiger partial charge is 0.128 e. The van der Waals surface area contributed by atoms with Gasteiger partial charge in [0.25, 0.3) is 0 Å². The first kappa shape index (κ1) is 12.2. The molecule has 0 amide bonds. The van der Waals surface area contributed by atoms with Crippen LogP contribution in [0.3, 0.4) is 0 Å². The summed E-state index contributed by atoms with van der Waals surface area (Å²) in [6.07, 6.45) is 0. The summed E-state index contributed by atoms with van der Waals surface area (Å²) in [6.45, 7) is 0.343. The average Bonchev–Trinajstić information content (AvgIpc) is 2.30. The summed E-state index contributed by atoms with van der Waals surface area (Å²) in [5.41, 5.74) is 1.20. The van der Waals surface area contributed by atoms with Crippen LogP contribution in [0, 0.1) is 5.82 Å². The van der Waals surface area contributed by atoms with Crippen LogP contribution in [0.15, 0.2) is 42.5 Å². The molecule has 0 aliphatic heterocycles. The number of anilines is 1. The molecule has 0 spiro atoms. The first-order valence-electron chi connectivity index (χ1n) is 5.10. The fourth-order valence-corrected chi connectivity index (χ4v) is 2.02. The topological polar surface area (TPSA) is 12.0 Å². The van der Waals surface area contributed by atoms with Gasteiger partial charge in [-0.05, 0) is 18.2 Å². The number of rotatable bonds is 3. The van der Waals surface area contributed by atoms with Gasteiger partial charge in [0, 0.05) is 12.1 Å². The molecule has 4 heteroatoms. The van der Waals surface area contributed by atoms with E-state index in [1.165, 1.54) is 6.07 Å². The van der Waals surface area contributed by atoms with Crippen LogP contribution in [0.25, 0.3) is 0 Å². The lowest BCUT2D eigenvalue weighted by Crippen LogP contribution is -2.02. The second kappa shape index (κ2) is 5.39. The molecule has 0 heterocycles. The molecule has 0 fully saturated rings. The van der Waals surface area contributed by atoms with Crippen LogP contribution >= 0.6 is 23.2 Å². The maximum atomic E-state index is 13.4. The maximum Gasteiger partial charge on any atom is 0.128 e. The SMILES string of the molecule is Fc1ccccc1CNc1c(Cl)cccc1Cl. The molecule has 0 saturated carbocycles. The zero-order valence-electron chi connectivity index (χ0n) is 8.88. The minimum atomic E-state index is -0.247. The number of hydrogen-bond acceptors (Lipinski definition) is 1. The Labute approximate surface area is 109 Å². The van der Waals surface area contributed by atoms with Crippen molar-refractivity contribution in [3.05, 3.63) is 63.9 Å². The van der Waals surface area contributed by atoms with Gasteiger partial charge in [-0.1, -0.05) is 47.5 Å². The predicted molar refractivity (Wildman–Crippen MR) is 70.2 cm³/mol. The first-order valence-corrected chi connectivity index (χ1v) is 5.85. The highest BCUT2D eigenvalue weighted by molar-refractivity contribution is 6.39. The van der Waals surface area contributed by atoms with Gasteiger partial charge in [0.15, 0.2) is 0 Å². The molecule has 0 atom stereocenters. The number of halogens is 3. The van der Waals surface area contributed by atoms with Crippen molar-refractivity contribution in [1.29, 1.82) is 0 Å². The van der Waals surface area contributed by atoms with Crippen molar-refractivity contribution in [2.24, 2.45) is 0 Å². The molecular weight excluding hydrogens is 260 g/mol. The van der Waals surface area contributed by atoms with Gasteiger partial charge < -0.3 is 5.32 Å². The third kappa shape index (κ3) is 2.90. The van der Waals surface area contributed by atoms with Crippen LogP contribution in [0.5, 0.6) is 0 Å². The maximum absolute atomic E-state index is 13.4. The van der Waals surface area contributed by atoms with Gasteiger partial charge >= 0.3 is 0 Å². The van der Waals surface area contributed by atoms with E-state index in [1.807, 2.05) is 0 Å². The zero-order chi connectivity index (χ0) is 12.3. The number of benzene rings is 2. The fourth-order valence-electron chi connectivity index (χ4n) is 1.49. The fraction of sp³-hybridized carbons (Fsp3) is 0.0769. The Balaban J connectivity index is 2.16. The molecule has 2 aromatic carbocycles. The summed E-state index contributed by atoms with van der Waals surface area (Å²) in [5, 5.41) is 4.08. The van der Waals surface area contributed by atoms with E-state index in [0.717, 1.165) is 0 Å². The van der Waals surface area contributed by atoms with Crippen molar-refractivity contribution >= 4 is 28.9 Å². The molecule has 0 bridgehead atoms. The molecule has 0 aliphatic carbocycles. The summed E-state index contributed by atoms with van der Waals surface area (Å²) in [5.74, 6) is -0.247. The lowest BCUT2D eigenvalue weighted by molar-refractivity contribution is 0.613. The molecule has 2 aromatic rings. The molecule has 2 rings (SSSR count). The molecule has 1 N–H and O–H groups in total. The predicted octanol–water partition coefficient (Wildman–Crippen LogP) is 4.74. The Morgan fingerprint density at radius 3 is 2.24 bits per heavy atom. The van der Waals surface area contributed by atoms with E-state index < -0.39 is 0 Å². The highest BCUT2D eigenvalue weighted by Gasteiger charge is 2.06. The normalized spacial score (nSPS) is 10.3. The molecule has 0 unspecified atom stereocenters. The first-order chi connectivity index (χ1) is 8.18. The number of hydrogen-bond donors (Lipinski definition) is 1. The van der Waals surface area contributed by atoms with E-state index in [-0.39, 0.29) is 5.82 Å². The summed E-state index contributed by atoms with van der Waals surface area (Å²) in [4.78, 5) is 0. The Morgan fingerprint density at radius 2 is 1.59 bits per heavy atom. The van der Waals surface area contributed by atoms with E-state index in [2.05, 4.69) is 5.32 Å². The van der Waals surface area contributed by atoms with E-state index >= 15 is 0 Å². The van der Waals surface area contributed by atoms with Gasteiger partial charge in [0.1, 0.15) is 5.82 Å². The Bertz CT molecular complexity index is 508. The van der Waals surface area contributed by atoms with Gasteiger partial charge in [-0.3, -0.25) is 0 Å².